The predicted molar refractivity (Wildman–Crippen MR) is 123 cm³/mol. The van der Waals surface area contributed by atoms with Gasteiger partial charge in [0, 0.05) is 19.1 Å². The quantitative estimate of drug-likeness (QED) is 0.375. The fourth-order valence-corrected chi connectivity index (χ4v) is 3.46. The van der Waals surface area contributed by atoms with Gasteiger partial charge in [0.15, 0.2) is 5.96 Å². The minimum absolute atomic E-state index is 0. The first-order valence-corrected chi connectivity index (χ1v) is 9.22. The molecule has 0 spiro atoms. The van der Waals surface area contributed by atoms with Crippen molar-refractivity contribution in [1.29, 1.82) is 0 Å². The molecule has 1 aliphatic heterocycles. The molecule has 0 radical (unpaired) electrons. The van der Waals surface area contributed by atoms with Crippen molar-refractivity contribution >= 4 is 35.6 Å². The summed E-state index contributed by atoms with van der Waals surface area (Å²) in [5.74, 6) is 1.18. The second kappa shape index (κ2) is 10.5. The second-order valence-electron chi connectivity index (χ2n) is 6.60. The van der Waals surface area contributed by atoms with E-state index < -0.39 is 0 Å². The van der Waals surface area contributed by atoms with Gasteiger partial charge in [-0.3, -0.25) is 9.89 Å². The van der Waals surface area contributed by atoms with E-state index in [1.54, 1.807) is 7.11 Å². The van der Waals surface area contributed by atoms with Crippen LogP contribution in [0.3, 0.4) is 0 Å². The van der Waals surface area contributed by atoms with Gasteiger partial charge in [0.25, 0.3) is 0 Å². The molecule has 0 aliphatic carbocycles. The summed E-state index contributed by atoms with van der Waals surface area (Å²) in [6, 6.07) is 16.8. The van der Waals surface area contributed by atoms with Crippen molar-refractivity contribution in [3.8, 4) is 5.75 Å². The largest absolute Gasteiger partial charge is 0.495 e. The maximum absolute atomic E-state index is 6.10. The third kappa shape index (κ3) is 5.59. The summed E-state index contributed by atoms with van der Waals surface area (Å²) in [6.07, 6.45) is 2.15. The molecule has 0 fully saturated rings. The van der Waals surface area contributed by atoms with Crippen LogP contribution in [-0.2, 0) is 13.0 Å². The molecule has 0 aromatic heterocycles. The molecular formula is C21H29IN4O. The number of rotatable bonds is 6. The zero-order valence-electron chi connectivity index (χ0n) is 16.0. The first-order valence-electron chi connectivity index (χ1n) is 9.22. The van der Waals surface area contributed by atoms with Crippen molar-refractivity contribution in [2.24, 2.45) is 10.7 Å². The Hall–Kier alpha value is -1.80. The van der Waals surface area contributed by atoms with Crippen LogP contribution in [0.1, 0.15) is 24.5 Å². The fourth-order valence-electron chi connectivity index (χ4n) is 3.46. The highest BCUT2D eigenvalue weighted by atomic mass is 127. The lowest BCUT2D eigenvalue weighted by Gasteiger charge is -2.34. The van der Waals surface area contributed by atoms with Crippen molar-refractivity contribution < 1.29 is 4.74 Å². The van der Waals surface area contributed by atoms with E-state index in [0.29, 0.717) is 18.5 Å². The summed E-state index contributed by atoms with van der Waals surface area (Å²) >= 11 is 0. The number of para-hydroxylation sites is 2. The molecule has 27 heavy (non-hydrogen) atoms. The number of hydrogen-bond acceptors (Lipinski definition) is 3. The van der Waals surface area contributed by atoms with Gasteiger partial charge in [0.2, 0.25) is 0 Å². The lowest BCUT2D eigenvalue weighted by molar-refractivity contribution is 0.178. The van der Waals surface area contributed by atoms with E-state index in [1.807, 2.05) is 24.3 Å². The number of halogens is 1. The third-order valence-electron chi connectivity index (χ3n) is 4.99. The number of aliphatic imine (C=N–C) groups is 1. The Labute approximate surface area is 179 Å². The Morgan fingerprint density at radius 2 is 1.89 bits per heavy atom. The van der Waals surface area contributed by atoms with Gasteiger partial charge in [0.1, 0.15) is 5.75 Å². The Morgan fingerprint density at radius 3 is 2.63 bits per heavy atom. The average molecular weight is 480 g/mol. The number of anilines is 1. The first kappa shape index (κ1) is 21.5. The normalized spacial score (nSPS) is 15.4. The molecule has 3 rings (SSSR count). The van der Waals surface area contributed by atoms with E-state index in [9.17, 15) is 0 Å². The van der Waals surface area contributed by atoms with Gasteiger partial charge < -0.3 is 15.8 Å². The van der Waals surface area contributed by atoms with Gasteiger partial charge in [-0.2, -0.15) is 0 Å². The zero-order chi connectivity index (χ0) is 18.4. The highest BCUT2D eigenvalue weighted by molar-refractivity contribution is 14.0. The smallest absolute Gasteiger partial charge is 0.193 e. The lowest BCUT2D eigenvalue weighted by Crippen LogP contribution is -2.41. The van der Waals surface area contributed by atoms with Crippen LogP contribution in [0.2, 0.25) is 0 Å². The number of ether oxygens (including phenoxy) is 1. The molecule has 0 saturated heterocycles. The number of nitrogens with one attached hydrogen (secondary N) is 1. The molecule has 0 saturated carbocycles. The van der Waals surface area contributed by atoms with Gasteiger partial charge in [-0.05, 0) is 36.1 Å². The van der Waals surface area contributed by atoms with Crippen LogP contribution in [0, 0.1) is 0 Å². The number of benzene rings is 2. The Balaban J connectivity index is 0.00000261. The van der Waals surface area contributed by atoms with E-state index in [0.717, 1.165) is 37.4 Å². The summed E-state index contributed by atoms with van der Waals surface area (Å²) in [5, 5.41) is 3.14. The molecular weight excluding hydrogens is 451 g/mol. The summed E-state index contributed by atoms with van der Waals surface area (Å²) in [4.78, 5) is 7.10. The summed E-state index contributed by atoms with van der Waals surface area (Å²) in [5.41, 5.74) is 9.84. The van der Waals surface area contributed by atoms with Crippen LogP contribution in [0.25, 0.3) is 0 Å². The first-order chi connectivity index (χ1) is 12.7. The second-order valence-corrected chi connectivity index (χ2v) is 6.60. The average Bonchev–Trinajstić information content (AvgIpc) is 2.68. The standard InChI is InChI=1S/C21H28N4O.HI/c1-3-18(25-13-12-16-8-4-5-9-17(16)15-25)14-23-21(22)24-19-10-6-7-11-20(19)26-2;/h4-11,18H,3,12-15H2,1-2H3,(H3,22,23,24);1H. The molecule has 1 heterocycles. The van der Waals surface area contributed by atoms with Gasteiger partial charge in [-0.15, -0.1) is 24.0 Å². The van der Waals surface area contributed by atoms with Crippen LogP contribution in [0.4, 0.5) is 5.69 Å². The highest BCUT2D eigenvalue weighted by Crippen LogP contribution is 2.23. The number of nitrogens with zero attached hydrogens (tertiary/aromatic N) is 2. The minimum atomic E-state index is 0. The topological polar surface area (TPSA) is 62.9 Å². The van der Waals surface area contributed by atoms with Crippen LogP contribution in [-0.4, -0.2) is 37.1 Å². The van der Waals surface area contributed by atoms with Crippen LogP contribution in [0.5, 0.6) is 5.75 Å². The summed E-state index contributed by atoms with van der Waals surface area (Å²) in [7, 11) is 1.65. The van der Waals surface area contributed by atoms with Gasteiger partial charge in [-0.1, -0.05) is 43.3 Å². The number of nitrogens with two attached hydrogens (primary N) is 1. The molecule has 3 N–H and O–H groups in total. The monoisotopic (exact) mass is 480 g/mol. The molecule has 1 aliphatic rings. The van der Waals surface area contributed by atoms with Crippen LogP contribution >= 0.6 is 24.0 Å². The molecule has 0 amide bonds. The Kier molecular flexibility index (Phi) is 8.37. The van der Waals surface area contributed by atoms with E-state index in [1.165, 1.54) is 11.1 Å². The number of hydrogen-bond donors (Lipinski definition) is 2. The van der Waals surface area contributed by atoms with Crippen LogP contribution < -0.4 is 15.8 Å². The molecule has 1 unspecified atom stereocenters. The Bertz CT molecular complexity index is 765. The maximum Gasteiger partial charge on any atom is 0.193 e. The highest BCUT2D eigenvalue weighted by Gasteiger charge is 2.22. The summed E-state index contributed by atoms with van der Waals surface area (Å²) in [6.45, 7) is 4.96. The van der Waals surface area contributed by atoms with Crippen molar-refractivity contribution in [2.75, 3.05) is 25.5 Å². The van der Waals surface area contributed by atoms with E-state index >= 15 is 0 Å². The van der Waals surface area contributed by atoms with Crippen molar-refractivity contribution in [2.45, 2.75) is 32.4 Å². The maximum atomic E-state index is 6.10. The molecule has 1 atom stereocenters. The number of guanidine groups is 1. The fraction of sp³-hybridized carbons (Fsp3) is 0.381. The molecule has 6 heteroatoms. The SMILES string of the molecule is CCC(CN=C(N)Nc1ccccc1OC)N1CCc2ccccc2C1.I. The zero-order valence-corrected chi connectivity index (χ0v) is 18.4. The molecule has 146 valence electrons. The number of methoxy groups -OCH3 is 1. The van der Waals surface area contributed by atoms with Crippen molar-refractivity contribution in [3.63, 3.8) is 0 Å². The minimum Gasteiger partial charge on any atom is -0.495 e. The van der Waals surface area contributed by atoms with E-state index in [2.05, 4.69) is 46.4 Å². The molecule has 2 aromatic rings. The van der Waals surface area contributed by atoms with E-state index in [4.69, 9.17) is 10.5 Å². The predicted octanol–water partition coefficient (Wildman–Crippen LogP) is 3.88. The molecule has 5 nitrogen and oxygen atoms in total. The van der Waals surface area contributed by atoms with E-state index in [-0.39, 0.29) is 24.0 Å². The Morgan fingerprint density at radius 1 is 1.19 bits per heavy atom. The van der Waals surface area contributed by atoms with Gasteiger partial charge >= 0.3 is 0 Å². The van der Waals surface area contributed by atoms with Crippen molar-refractivity contribution in [1.82, 2.24) is 4.90 Å². The summed E-state index contributed by atoms with van der Waals surface area (Å²) < 4.78 is 5.34. The molecule has 0 bridgehead atoms. The van der Waals surface area contributed by atoms with Crippen LogP contribution in [0.15, 0.2) is 53.5 Å². The van der Waals surface area contributed by atoms with Crippen molar-refractivity contribution in [3.05, 3.63) is 59.7 Å². The van der Waals surface area contributed by atoms with Gasteiger partial charge in [0.05, 0.1) is 19.3 Å². The van der Waals surface area contributed by atoms with Gasteiger partial charge in [-0.25, -0.2) is 0 Å². The molecule has 2 aromatic carbocycles. The third-order valence-corrected chi connectivity index (χ3v) is 4.99. The lowest BCUT2D eigenvalue weighted by atomic mass is 9.98. The number of fused-ring (bicyclic) bond motifs is 1.